The number of amidine groups is 1. The van der Waals surface area contributed by atoms with Gasteiger partial charge in [0.1, 0.15) is 5.75 Å². The van der Waals surface area contributed by atoms with Crippen molar-refractivity contribution in [3.63, 3.8) is 0 Å². The molecule has 3 rings (SSSR count). The number of benzene rings is 1. The van der Waals surface area contributed by atoms with Gasteiger partial charge in [0, 0.05) is 23.8 Å². The normalized spacial score (nSPS) is 26.6. The summed E-state index contributed by atoms with van der Waals surface area (Å²) < 4.78 is 29.3. The third kappa shape index (κ3) is 3.44. The first-order valence-corrected chi connectivity index (χ1v) is 10.5. The largest absolute Gasteiger partial charge is 0.496 e. The second-order valence-electron chi connectivity index (χ2n) is 5.88. The van der Waals surface area contributed by atoms with Crippen molar-refractivity contribution in [1.82, 2.24) is 4.90 Å². The minimum absolute atomic E-state index is 0.0619. The average Bonchev–Trinajstić information content (AvgIpc) is 3.00. The summed E-state index contributed by atoms with van der Waals surface area (Å²) in [5, 5.41) is 0.561. The third-order valence-electron chi connectivity index (χ3n) is 4.23. The minimum atomic E-state index is -3.04. The van der Waals surface area contributed by atoms with E-state index in [0.29, 0.717) is 18.1 Å². The average molecular weight is 368 g/mol. The van der Waals surface area contributed by atoms with Gasteiger partial charge in [0.25, 0.3) is 0 Å². The number of para-hydroxylation sites is 1. The lowest BCUT2D eigenvalue weighted by atomic mass is 10.1. The highest BCUT2D eigenvalue weighted by atomic mass is 32.2. The molecule has 0 spiro atoms. The molecule has 0 N–H and O–H groups in total. The molecule has 1 aromatic carbocycles. The molecule has 0 saturated carbocycles. The van der Waals surface area contributed by atoms with Gasteiger partial charge in [0.15, 0.2) is 15.0 Å². The van der Waals surface area contributed by atoms with E-state index in [1.54, 1.807) is 14.0 Å². The Balaban J connectivity index is 1.93. The van der Waals surface area contributed by atoms with Crippen molar-refractivity contribution in [2.75, 3.05) is 18.6 Å². The van der Waals surface area contributed by atoms with Crippen LogP contribution in [0.5, 0.6) is 5.75 Å². The number of fused-ring (bicyclic) bond motifs is 1. The van der Waals surface area contributed by atoms with E-state index in [2.05, 4.69) is 4.99 Å². The summed E-state index contributed by atoms with van der Waals surface area (Å²) in [4.78, 5) is 17.9. The van der Waals surface area contributed by atoms with Gasteiger partial charge >= 0.3 is 0 Å². The van der Waals surface area contributed by atoms with E-state index in [1.807, 2.05) is 29.2 Å². The Morgan fingerprint density at radius 3 is 2.83 bits per heavy atom. The van der Waals surface area contributed by atoms with Gasteiger partial charge in [0.2, 0.25) is 5.91 Å². The molecule has 6 nitrogen and oxygen atoms in total. The molecule has 130 valence electrons. The fourth-order valence-electron chi connectivity index (χ4n) is 3.02. The molecule has 0 unspecified atom stereocenters. The maximum atomic E-state index is 12.0. The zero-order chi connectivity index (χ0) is 17.3. The Bertz CT molecular complexity index is 776. The number of ether oxygens (including phenoxy) is 1. The predicted molar refractivity (Wildman–Crippen MR) is 95.1 cm³/mol. The molecular weight excluding hydrogens is 348 g/mol. The van der Waals surface area contributed by atoms with Crippen LogP contribution in [0, 0.1) is 0 Å². The van der Waals surface area contributed by atoms with Crippen molar-refractivity contribution in [2.45, 2.75) is 31.2 Å². The quantitative estimate of drug-likeness (QED) is 0.805. The highest BCUT2D eigenvalue weighted by molar-refractivity contribution is 8.15. The maximum Gasteiger partial charge on any atom is 0.247 e. The van der Waals surface area contributed by atoms with Gasteiger partial charge in [-0.15, -0.1) is 0 Å². The fraction of sp³-hybridized carbons (Fsp3) is 0.500. The molecule has 2 heterocycles. The molecule has 0 aliphatic carbocycles. The van der Waals surface area contributed by atoms with Gasteiger partial charge in [-0.25, -0.2) is 8.42 Å². The first-order chi connectivity index (χ1) is 11.4. The summed E-state index contributed by atoms with van der Waals surface area (Å²) in [6, 6.07) is 7.47. The van der Waals surface area contributed by atoms with Gasteiger partial charge in [0.05, 0.1) is 24.7 Å². The lowest BCUT2D eigenvalue weighted by Crippen LogP contribution is -2.37. The summed E-state index contributed by atoms with van der Waals surface area (Å²) >= 11 is 1.40. The first kappa shape index (κ1) is 17.3. The minimum Gasteiger partial charge on any atom is -0.496 e. The van der Waals surface area contributed by atoms with Crippen molar-refractivity contribution in [2.24, 2.45) is 4.99 Å². The van der Waals surface area contributed by atoms with Crippen molar-refractivity contribution >= 4 is 32.7 Å². The zero-order valence-corrected chi connectivity index (χ0v) is 15.3. The Labute approximate surface area is 146 Å². The highest BCUT2D eigenvalue weighted by Gasteiger charge is 2.48. The maximum absolute atomic E-state index is 12.0. The lowest BCUT2D eigenvalue weighted by molar-refractivity contribution is -0.117. The number of sulfone groups is 1. The van der Waals surface area contributed by atoms with Crippen molar-refractivity contribution in [3.05, 3.63) is 29.8 Å². The van der Waals surface area contributed by atoms with E-state index in [0.717, 1.165) is 11.3 Å². The number of rotatable bonds is 4. The molecule has 8 heteroatoms. The van der Waals surface area contributed by atoms with Gasteiger partial charge in [-0.1, -0.05) is 36.9 Å². The topological polar surface area (TPSA) is 76.0 Å². The van der Waals surface area contributed by atoms with E-state index in [1.165, 1.54) is 11.8 Å². The van der Waals surface area contributed by atoms with Gasteiger partial charge in [-0.05, 0) is 6.07 Å². The van der Waals surface area contributed by atoms with Gasteiger partial charge < -0.3 is 9.64 Å². The summed E-state index contributed by atoms with van der Waals surface area (Å²) in [7, 11) is -1.43. The number of methoxy groups -OCH3 is 1. The van der Waals surface area contributed by atoms with E-state index >= 15 is 0 Å². The number of aliphatic imine (C=N–C) groups is 1. The van der Waals surface area contributed by atoms with Crippen LogP contribution < -0.4 is 4.74 Å². The Hall–Kier alpha value is -1.54. The standard InChI is InChI=1S/C16H20N2O4S2/c1-3-15(19)17-16-18(8-11-6-4-5-7-13(11)22-2)12-9-24(20,21)10-14(12)23-16/h4-7,12,14H,3,8-10H2,1-2H3/t12-,14+/m1/s1. The Kier molecular flexibility index (Phi) is 4.87. The first-order valence-electron chi connectivity index (χ1n) is 7.80. The number of hydrogen-bond donors (Lipinski definition) is 0. The molecular formula is C16H20N2O4S2. The molecule has 1 aromatic rings. The van der Waals surface area contributed by atoms with Crippen molar-refractivity contribution in [3.8, 4) is 5.75 Å². The van der Waals surface area contributed by atoms with Crippen LogP contribution in [0.25, 0.3) is 0 Å². The number of amides is 1. The number of hydrogen-bond acceptors (Lipinski definition) is 5. The third-order valence-corrected chi connectivity index (χ3v) is 7.48. The Morgan fingerprint density at radius 2 is 2.12 bits per heavy atom. The second-order valence-corrected chi connectivity index (χ2v) is 9.24. The van der Waals surface area contributed by atoms with Gasteiger partial charge in [-0.3, -0.25) is 4.79 Å². The second kappa shape index (κ2) is 6.76. The van der Waals surface area contributed by atoms with Crippen LogP contribution in [0.3, 0.4) is 0 Å². The SMILES string of the molecule is CCC(=O)N=C1S[C@H]2CS(=O)(=O)C[C@H]2N1Cc1ccccc1OC. The molecule has 1 amide bonds. The van der Waals surface area contributed by atoms with Crippen LogP contribution in [-0.4, -0.2) is 54.3 Å². The van der Waals surface area contributed by atoms with Crippen LogP contribution in [0.15, 0.2) is 29.3 Å². The van der Waals surface area contributed by atoms with Gasteiger partial charge in [-0.2, -0.15) is 4.99 Å². The van der Waals surface area contributed by atoms with Crippen LogP contribution in [0.1, 0.15) is 18.9 Å². The lowest BCUT2D eigenvalue weighted by Gasteiger charge is -2.25. The van der Waals surface area contributed by atoms with Crippen molar-refractivity contribution in [1.29, 1.82) is 0 Å². The number of nitrogens with zero attached hydrogens (tertiary/aromatic N) is 2. The number of carbonyl (C=O) groups is 1. The highest BCUT2D eigenvalue weighted by Crippen LogP contribution is 2.39. The van der Waals surface area contributed by atoms with Crippen LogP contribution >= 0.6 is 11.8 Å². The van der Waals surface area contributed by atoms with E-state index in [-0.39, 0.29) is 28.7 Å². The molecule has 2 aliphatic rings. The van der Waals surface area contributed by atoms with E-state index in [4.69, 9.17) is 4.74 Å². The van der Waals surface area contributed by atoms with E-state index < -0.39 is 9.84 Å². The number of carbonyl (C=O) groups excluding carboxylic acids is 1. The van der Waals surface area contributed by atoms with E-state index in [9.17, 15) is 13.2 Å². The molecule has 2 saturated heterocycles. The smallest absolute Gasteiger partial charge is 0.247 e. The van der Waals surface area contributed by atoms with Crippen molar-refractivity contribution < 1.29 is 17.9 Å². The number of thioether (sulfide) groups is 1. The molecule has 2 fully saturated rings. The molecule has 0 aromatic heterocycles. The summed E-state index contributed by atoms with van der Waals surface area (Å²) in [5.74, 6) is 0.807. The fourth-order valence-corrected chi connectivity index (χ4v) is 6.99. The van der Waals surface area contributed by atoms with Crippen LogP contribution in [0.2, 0.25) is 0 Å². The molecule has 2 aliphatic heterocycles. The monoisotopic (exact) mass is 368 g/mol. The summed E-state index contributed by atoms with van der Waals surface area (Å²) in [5.41, 5.74) is 0.946. The molecule has 24 heavy (non-hydrogen) atoms. The van der Waals surface area contributed by atoms with Crippen LogP contribution in [-0.2, 0) is 21.2 Å². The molecule has 2 atom stereocenters. The van der Waals surface area contributed by atoms with Crippen LogP contribution in [0.4, 0.5) is 0 Å². The zero-order valence-electron chi connectivity index (χ0n) is 13.6. The summed E-state index contributed by atoms with van der Waals surface area (Å²) in [6.07, 6.45) is 0.334. The molecule has 0 bridgehead atoms. The summed E-state index contributed by atoms with van der Waals surface area (Å²) in [6.45, 7) is 2.24. The Morgan fingerprint density at radius 1 is 1.38 bits per heavy atom. The predicted octanol–water partition coefficient (Wildman–Crippen LogP) is 1.70. The molecule has 0 radical (unpaired) electrons.